The molecule has 1 aliphatic rings. The number of nitrogens with zero attached hydrogens (tertiary/aromatic N) is 2. The van der Waals surface area contributed by atoms with Crippen LogP contribution in [0.5, 0.6) is 0 Å². The van der Waals surface area contributed by atoms with Gasteiger partial charge in [-0.3, -0.25) is 9.69 Å². The fraction of sp³-hybridized carbons (Fsp3) is 0.600. The van der Waals surface area contributed by atoms with E-state index in [9.17, 15) is 4.79 Å². The van der Waals surface area contributed by atoms with Crippen molar-refractivity contribution in [2.45, 2.75) is 13.5 Å². The van der Waals surface area contributed by atoms with Crippen molar-refractivity contribution in [1.29, 1.82) is 0 Å². The topological polar surface area (TPSA) is 61.0 Å². The SMILES string of the molecule is Cc1nc(CN2CCNCC2)cc(=O)[nH]1. The van der Waals surface area contributed by atoms with Crippen LogP contribution in [0.15, 0.2) is 10.9 Å². The van der Waals surface area contributed by atoms with Crippen LogP contribution in [0.2, 0.25) is 0 Å². The molecule has 2 heterocycles. The first-order chi connectivity index (χ1) is 7.24. The number of rotatable bonds is 2. The van der Waals surface area contributed by atoms with Crippen LogP contribution in [0, 0.1) is 6.92 Å². The van der Waals surface area contributed by atoms with E-state index >= 15 is 0 Å². The van der Waals surface area contributed by atoms with Crippen LogP contribution in [0.4, 0.5) is 0 Å². The predicted octanol–water partition coefficient (Wildman–Crippen LogP) is -0.516. The zero-order valence-corrected chi connectivity index (χ0v) is 8.92. The summed E-state index contributed by atoms with van der Waals surface area (Å²) in [5.41, 5.74) is 0.797. The first-order valence-electron chi connectivity index (χ1n) is 5.24. The molecule has 0 radical (unpaired) electrons. The van der Waals surface area contributed by atoms with E-state index in [0.29, 0.717) is 5.82 Å². The van der Waals surface area contributed by atoms with Crippen molar-refractivity contribution < 1.29 is 0 Å². The third-order valence-electron chi connectivity index (χ3n) is 2.51. The number of hydrogen-bond donors (Lipinski definition) is 2. The lowest BCUT2D eigenvalue weighted by molar-refractivity contribution is 0.230. The highest BCUT2D eigenvalue weighted by Gasteiger charge is 2.10. The Kier molecular flexibility index (Phi) is 3.13. The van der Waals surface area contributed by atoms with Crippen LogP contribution < -0.4 is 10.9 Å². The Balaban J connectivity index is 2.06. The van der Waals surface area contributed by atoms with Crippen molar-refractivity contribution in [2.24, 2.45) is 0 Å². The molecule has 0 atom stereocenters. The second kappa shape index (κ2) is 4.55. The fourth-order valence-corrected chi connectivity index (χ4v) is 1.82. The Morgan fingerprint density at radius 2 is 2.20 bits per heavy atom. The molecule has 1 fully saturated rings. The first kappa shape index (κ1) is 10.3. The van der Waals surface area contributed by atoms with E-state index in [-0.39, 0.29) is 5.56 Å². The third-order valence-corrected chi connectivity index (χ3v) is 2.51. The van der Waals surface area contributed by atoms with Crippen LogP contribution in [0.1, 0.15) is 11.5 Å². The maximum absolute atomic E-state index is 11.2. The van der Waals surface area contributed by atoms with Gasteiger partial charge >= 0.3 is 0 Å². The number of H-pyrrole nitrogens is 1. The Morgan fingerprint density at radius 3 is 2.87 bits per heavy atom. The average Bonchev–Trinajstić information content (AvgIpc) is 2.17. The minimum Gasteiger partial charge on any atom is -0.314 e. The lowest BCUT2D eigenvalue weighted by Crippen LogP contribution is -2.43. The smallest absolute Gasteiger partial charge is 0.251 e. The van der Waals surface area contributed by atoms with Crippen LogP contribution in [0.3, 0.4) is 0 Å². The minimum absolute atomic E-state index is 0.0624. The molecule has 0 saturated carbocycles. The molecule has 0 unspecified atom stereocenters. The fourth-order valence-electron chi connectivity index (χ4n) is 1.82. The molecular weight excluding hydrogens is 192 g/mol. The summed E-state index contributed by atoms with van der Waals surface area (Å²) in [6.07, 6.45) is 0. The predicted molar refractivity (Wildman–Crippen MR) is 57.7 cm³/mol. The molecule has 82 valence electrons. The maximum atomic E-state index is 11.2. The summed E-state index contributed by atoms with van der Waals surface area (Å²) < 4.78 is 0. The summed E-state index contributed by atoms with van der Waals surface area (Å²) in [6.45, 7) is 6.65. The molecule has 1 aromatic heterocycles. The van der Waals surface area contributed by atoms with E-state index in [2.05, 4.69) is 20.2 Å². The molecule has 1 saturated heterocycles. The van der Waals surface area contributed by atoms with E-state index < -0.39 is 0 Å². The number of hydrogen-bond acceptors (Lipinski definition) is 4. The Bertz CT molecular complexity index is 381. The van der Waals surface area contributed by atoms with E-state index in [0.717, 1.165) is 38.4 Å². The quantitative estimate of drug-likeness (QED) is 0.687. The largest absolute Gasteiger partial charge is 0.314 e. The van der Waals surface area contributed by atoms with Gasteiger partial charge in [-0.15, -0.1) is 0 Å². The van der Waals surface area contributed by atoms with Gasteiger partial charge in [0.1, 0.15) is 5.82 Å². The molecule has 5 nitrogen and oxygen atoms in total. The van der Waals surface area contributed by atoms with Crippen molar-refractivity contribution in [1.82, 2.24) is 20.2 Å². The molecular formula is C10H16N4O. The molecule has 2 rings (SSSR count). The Labute approximate surface area is 88.5 Å². The third kappa shape index (κ3) is 2.87. The second-order valence-electron chi connectivity index (χ2n) is 3.85. The van der Waals surface area contributed by atoms with Gasteiger partial charge in [0.15, 0.2) is 0 Å². The molecule has 0 aromatic carbocycles. The van der Waals surface area contributed by atoms with Crippen molar-refractivity contribution >= 4 is 0 Å². The van der Waals surface area contributed by atoms with E-state index in [4.69, 9.17) is 0 Å². The molecule has 1 aliphatic heterocycles. The van der Waals surface area contributed by atoms with Crippen molar-refractivity contribution in [3.63, 3.8) is 0 Å². The summed E-state index contributed by atoms with van der Waals surface area (Å²) in [5.74, 6) is 0.688. The molecule has 1 aromatic rings. The number of aryl methyl sites for hydroxylation is 1. The summed E-state index contributed by atoms with van der Waals surface area (Å²) in [5, 5.41) is 3.29. The monoisotopic (exact) mass is 208 g/mol. The van der Waals surface area contributed by atoms with E-state index in [1.54, 1.807) is 6.07 Å². The second-order valence-corrected chi connectivity index (χ2v) is 3.85. The highest BCUT2D eigenvalue weighted by molar-refractivity contribution is 5.02. The van der Waals surface area contributed by atoms with Gasteiger partial charge < -0.3 is 10.3 Å². The van der Waals surface area contributed by atoms with Crippen LogP contribution in [-0.2, 0) is 6.54 Å². The highest BCUT2D eigenvalue weighted by Crippen LogP contribution is 2.00. The zero-order valence-electron chi connectivity index (χ0n) is 8.92. The summed E-state index contributed by atoms with van der Waals surface area (Å²) in [7, 11) is 0. The van der Waals surface area contributed by atoms with E-state index in [1.165, 1.54) is 0 Å². The van der Waals surface area contributed by atoms with Crippen LogP contribution in [-0.4, -0.2) is 41.0 Å². The van der Waals surface area contributed by atoms with Crippen LogP contribution in [0.25, 0.3) is 0 Å². The van der Waals surface area contributed by atoms with Gasteiger partial charge in [0.25, 0.3) is 5.56 Å². The van der Waals surface area contributed by atoms with Crippen molar-refractivity contribution in [3.8, 4) is 0 Å². The van der Waals surface area contributed by atoms with Gasteiger partial charge in [0.05, 0.1) is 5.69 Å². The van der Waals surface area contributed by atoms with Gasteiger partial charge in [0, 0.05) is 38.8 Å². The van der Waals surface area contributed by atoms with Crippen molar-refractivity contribution in [2.75, 3.05) is 26.2 Å². The lowest BCUT2D eigenvalue weighted by Gasteiger charge is -2.26. The number of piperazine rings is 1. The molecule has 0 amide bonds. The lowest BCUT2D eigenvalue weighted by atomic mass is 10.3. The van der Waals surface area contributed by atoms with Gasteiger partial charge in [-0.05, 0) is 6.92 Å². The van der Waals surface area contributed by atoms with E-state index in [1.807, 2.05) is 6.92 Å². The molecule has 0 aliphatic carbocycles. The van der Waals surface area contributed by atoms with Gasteiger partial charge in [-0.25, -0.2) is 4.98 Å². The first-order valence-corrected chi connectivity index (χ1v) is 5.24. The number of nitrogens with one attached hydrogen (secondary N) is 2. The molecule has 0 spiro atoms. The minimum atomic E-state index is -0.0624. The van der Waals surface area contributed by atoms with Gasteiger partial charge in [-0.1, -0.05) is 0 Å². The average molecular weight is 208 g/mol. The van der Waals surface area contributed by atoms with Crippen molar-refractivity contribution in [3.05, 3.63) is 27.9 Å². The van der Waals surface area contributed by atoms with Gasteiger partial charge in [0.2, 0.25) is 0 Å². The zero-order chi connectivity index (χ0) is 10.7. The Morgan fingerprint density at radius 1 is 1.47 bits per heavy atom. The normalized spacial score (nSPS) is 17.9. The summed E-state index contributed by atoms with van der Waals surface area (Å²) in [6, 6.07) is 1.58. The summed E-state index contributed by atoms with van der Waals surface area (Å²) in [4.78, 5) is 20.5. The molecule has 0 bridgehead atoms. The number of aromatic amines is 1. The standard InChI is InChI=1S/C10H16N4O/c1-8-12-9(6-10(15)13-8)7-14-4-2-11-3-5-14/h6,11H,2-5,7H2,1H3,(H,12,13,15). The molecule has 15 heavy (non-hydrogen) atoms. The number of aromatic nitrogens is 2. The van der Waals surface area contributed by atoms with Gasteiger partial charge in [-0.2, -0.15) is 0 Å². The maximum Gasteiger partial charge on any atom is 0.251 e. The molecule has 5 heteroatoms. The Hall–Kier alpha value is -1.20. The highest BCUT2D eigenvalue weighted by atomic mass is 16.1. The summed E-state index contributed by atoms with van der Waals surface area (Å²) >= 11 is 0. The van der Waals surface area contributed by atoms with Crippen LogP contribution >= 0.6 is 0 Å². The molecule has 2 N–H and O–H groups in total.